The molecule has 2 heterocycles. The van der Waals surface area contributed by atoms with Gasteiger partial charge in [0.2, 0.25) is 0 Å². The minimum absolute atomic E-state index is 0.566. The third-order valence-electron chi connectivity index (χ3n) is 4.02. The van der Waals surface area contributed by atoms with Crippen molar-refractivity contribution in [3.63, 3.8) is 0 Å². The molecular formula is C15H21N3. The van der Waals surface area contributed by atoms with E-state index in [1.807, 2.05) is 0 Å². The Morgan fingerprint density at radius 2 is 2.17 bits per heavy atom. The fraction of sp³-hybridized carbons (Fsp3) is 0.533. The van der Waals surface area contributed by atoms with E-state index in [9.17, 15) is 0 Å². The van der Waals surface area contributed by atoms with Crippen LogP contribution < -0.4 is 5.32 Å². The molecule has 0 amide bonds. The number of piperidine rings is 1. The quantitative estimate of drug-likeness (QED) is 0.834. The zero-order valence-electron chi connectivity index (χ0n) is 11.5. The van der Waals surface area contributed by atoms with E-state index in [2.05, 4.69) is 42.9 Å². The maximum absolute atomic E-state index is 4.90. The Kier molecular flexibility index (Phi) is 2.86. The van der Waals surface area contributed by atoms with E-state index in [-0.39, 0.29) is 0 Å². The van der Waals surface area contributed by atoms with Crippen molar-refractivity contribution < 1.29 is 0 Å². The predicted molar refractivity (Wildman–Crippen MR) is 75.0 cm³/mol. The van der Waals surface area contributed by atoms with Crippen molar-refractivity contribution in [3.8, 4) is 0 Å². The zero-order valence-corrected chi connectivity index (χ0v) is 11.5. The summed E-state index contributed by atoms with van der Waals surface area (Å²) in [5, 5.41) is 3.48. The Hall–Kier alpha value is -1.35. The summed E-state index contributed by atoms with van der Waals surface area (Å²) in [5.41, 5.74) is 5.05. The Morgan fingerprint density at radius 3 is 2.89 bits per heavy atom. The van der Waals surface area contributed by atoms with Crippen LogP contribution in [0.1, 0.15) is 35.7 Å². The molecule has 1 aliphatic rings. The number of nitrogens with one attached hydrogen (secondary N) is 1. The summed E-state index contributed by atoms with van der Waals surface area (Å²) in [7, 11) is 2.15. The standard InChI is InChI=1S/C15H21N3/c1-10-7-11(2)14-13(8-10)18(3)15(17-14)12-5-4-6-16-9-12/h7-8,12,16H,4-6,9H2,1-3H3. The molecule has 3 rings (SSSR count). The van der Waals surface area contributed by atoms with Crippen LogP contribution in [0.4, 0.5) is 0 Å². The molecule has 1 N–H and O–H groups in total. The van der Waals surface area contributed by atoms with Crippen LogP contribution in [0.15, 0.2) is 12.1 Å². The van der Waals surface area contributed by atoms with Crippen LogP contribution >= 0.6 is 0 Å². The van der Waals surface area contributed by atoms with Gasteiger partial charge in [0, 0.05) is 19.5 Å². The van der Waals surface area contributed by atoms with Crippen LogP contribution in [-0.2, 0) is 7.05 Å². The van der Waals surface area contributed by atoms with Gasteiger partial charge in [0.1, 0.15) is 5.82 Å². The highest BCUT2D eigenvalue weighted by Gasteiger charge is 2.21. The minimum atomic E-state index is 0.566. The second kappa shape index (κ2) is 4.39. The molecule has 1 aromatic carbocycles. The monoisotopic (exact) mass is 243 g/mol. The van der Waals surface area contributed by atoms with Gasteiger partial charge in [-0.15, -0.1) is 0 Å². The SMILES string of the molecule is Cc1cc(C)c2nc(C3CCCNC3)n(C)c2c1. The first kappa shape index (κ1) is 11.7. The lowest BCUT2D eigenvalue weighted by atomic mass is 9.99. The van der Waals surface area contributed by atoms with Gasteiger partial charge in [-0.1, -0.05) is 6.07 Å². The lowest BCUT2D eigenvalue weighted by Gasteiger charge is -2.22. The first-order valence-corrected chi connectivity index (χ1v) is 6.81. The summed E-state index contributed by atoms with van der Waals surface area (Å²) in [4.78, 5) is 4.90. The van der Waals surface area contributed by atoms with E-state index in [1.165, 1.54) is 40.8 Å². The highest BCUT2D eigenvalue weighted by molar-refractivity contribution is 5.80. The van der Waals surface area contributed by atoms with E-state index < -0.39 is 0 Å². The maximum atomic E-state index is 4.90. The van der Waals surface area contributed by atoms with Crippen molar-refractivity contribution >= 4 is 11.0 Å². The van der Waals surface area contributed by atoms with Crippen LogP contribution in [0.2, 0.25) is 0 Å². The van der Waals surface area contributed by atoms with Gasteiger partial charge in [-0.3, -0.25) is 0 Å². The Bertz CT molecular complexity index is 577. The van der Waals surface area contributed by atoms with Gasteiger partial charge in [-0.2, -0.15) is 0 Å². The van der Waals surface area contributed by atoms with Gasteiger partial charge in [-0.05, 0) is 50.4 Å². The number of imidazole rings is 1. The highest BCUT2D eigenvalue weighted by atomic mass is 15.1. The highest BCUT2D eigenvalue weighted by Crippen LogP contribution is 2.27. The molecule has 0 saturated carbocycles. The molecule has 1 saturated heterocycles. The summed E-state index contributed by atoms with van der Waals surface area (Å²) in [5.74, 6) is 1.81. The summed E-state index contributed by atoms with van der Waals surface area (Å²) in [6, 6.07) is 4.47. The second-order valence-corrected chi connectivity index (χ2v) is 5.52. The molecule has 0 aliphatic carbocycles. The van der Waals surface area contributed by atoms with Crippen molar-refractivity contribution in [1.29, 1.82) is 0 Å². The third-order valence-corrected chi connectivity index (χ3v) is 4.02. The molecule has 1 atom stereocenters. The predicted octanol–water partition coefficient (Wildman–Crippen LogP) is 2.66. The molecule has 1 fully saturated rings. The van der Waals surface area contributed by atoms with Gasteiger partial charge >= 0.3 is 0 Å². The number of fused-ring (bicyclic) bond motifs is 1. The van der Waals surface area contributed by atoms with Crippen LogP contribution in [0.5, 0.6) is 0 Å². The van der Waals surface area contributed by atoms with Gasteiger partial charge in [-0.25, -0.2) is 4.98 Å². The van der Waals surface area contributed by atoms with Crippen molar-refractivity contribution in [2.75, 3.05) is 13.1 Å². The van der Waals surface area contributed by atoms with Crippen LogP contribution in [0.25, 0.3) is 11.0 Å². The summed E-state index contributed by atoms with van der Waals surface area (Å²) in [6.45, 7) is 6.53. The zero-order chi connectivity index (χ0) is 12.7. The molecule has 96 valence electrons. The normalized spacial score (nSPS) is 20.5. The molecule has 0 bridgehead atoms. The molecular weight excluding hydrogens is 222 g/mol. The minimum Gasteiger partial charge on any atom is -0.331 e. The topological polar surface area (TPSA) is 29.9 Å². The third kappa shape index (κ3) is 1.83. The number of rotatable bonds is 1. The number of nitrogens with zero attached hydrogens (tertiary/aromatic N) is 2. The maximum Gasteiger partial charge on any atom is 0.114 e. The second-order valence-electron chi connectivity index (χ2n) is 5.52. The smallest absolute Gasteiger partial charge is 0.114 e. The molecule has 0 spiro atoms. The Balaban J connectivity index is 2.13. The molecule has 3 nitrogen and oxygen atoms in total. The molecule has 0 radical (unpaired) electrons. The summed E-state index contributed by atoms with van der Waals surface area (Å²) in [6.07, 6.45) is 2.51. The molecule has 3 heteroatoms. The molecule has 1 aromatic heterocycles. The summed E-state index contributed by atoms with van der Waals surface area (Å²) < 4.78 is 2.28. The number of hydrogen-bond donors (Lipinski definition) is 1. The number of aromatic nitrogens is 2. The van der Waals surface area contributed by atoms with Gasteiger partial charge in [0.05, 0.1) is 11.0 Å². The largest absolute Gasteiger partial charge is 0.331 e. The molecule has 18 heavy (non-hydrogen) atoms. The molecule has 1 aliphatic heterocycles. The fourth-order valence-electron chi connectivity index (χ4n) is 3.09. The molecule has 2 aromatic rings. The van der Waals surface area contributed by atoms with E-state index in [1.54, 1.807) is 0 Å². The Labute approximate surface area is 108 Å². The number of aryl methyl sites for hydroxylation is 3. The van der Waals surface area contributed by atoms with Crippen molar-refractivity contribution in [3.05, 3.63) is 29.1 Å². The lowest BCUT2D eigenvalue weighted by molar-refractivity contribution is 0.440. The van der Waals surface area contributed by atoms with Gasteiger partial charge in [0.25, 0.3) is 0 Å². The van der Waals surface area contributed by atoms with E-state index in [0.29, 0.717) is 5.92 Å². The van der Waals surface area contributed by atoms with Crippen molar-refractivity contribution in [2.45, 2.75) is 32.6 Å². The fourth-order valence-corrected chi connectivity index (χ4v) is 3.09. The number of hydrogen-bond acceptors (Lipinski definition) is 2. The van der Waals surface area contributed by atoms with Crippen LogP contribution in [0, 0.1) is 13.8 Å². The van der Waals surface area contributed by atoms with E-state index >= 15 is 0 Å². The van der Waals surface area contributed by atoms with Crippen LogP contribution in [-0.4, -0.2) is 22.6 Å². The van der Waals surface area contributed by atoms with E-state index in [4.69, 9.17) is 4.98 Å². The lowest BCUT2D eigenvalue weighted by Crippen LogP contribution is -2.29. The Morgan fingerprint density at radius 1 is 1.33 bits per heavy atom. The first-order valence-electron chi connectivity index (χ1n) is 6.81. The summed E-state index contributed by atoms with van der Waals surface area (Å²) >= 11 is 0. The first-order chi connectivity index (χ1) is 8.66. The molecule has 1 unspecified atom stereocenters. The average molecular weight is 243 g/mol. The van der Waals surface area contributed by atoms with Crippen LogP contribution in [0.3, 0.4) is 0 Å². The van der Waals surface area contributed by atoms with Crippen molar-refractivity contribution in [1.82, 2.24) is 14.9 Å². The van der Waals surface area contributed by atoms with E-state index in [0.717, 1.165) is 13.1 Å². The van der Waals surface area contributed by atoms with Crippen molar-refractivity contribution in [2.24, 2.45) is 7.05 Å². The van der Waals surface area contributed by atoms with Gasteiger partial charge in [0.15, 0.2) is 0 Å². The van der Waals surface area contributed by atoms with Gasteiger partial charge < -0.3 is 9.88 Å². The average Bonchev–Trinajstić information content (AvgIpc) is 2.69. The number of benzene rings is 1.